The van der Waals surface area contributed by atoms with Gasteiger partial charge in [-0.1, -0.05) is 25.1 Å². The van der Waals surface area contributed by atoms with Crippen LogP contribution in [0.25, 0.3) is 5.88 Å². The second-order valence-corrected chi connectivity index (χ2v) is 3.64. The maximum atomic E-state index is 12.0. The Bertz CT molecular complexity index is 498. The summed E-state index contributed by atoms with van der Waals surface area (Å²) < 4.78 is 6.41. The summed E-state index contributed by atoms with van der Waals surface area (Å²) in [5.74, 6) is 0.648. The van der Waals surface area contributed by atoms with Crippen LogP contribution in [0.1, 0.15) is 25.3 Å². The molecule has 4 heteroatoms. The molecule has 78 valence electrons. The van der Waals surface area contributed by atoms with Gasteiger partial charge in [0.05, 0.1) is 6.20 Å². The quantitative estimate of drug-likeness (QED) is 0.751. The number of hydrogen-bond acceptors (Lipinski definition) is 3. The van der Waals surface area contributed by atoms with Gasteiger partial charge in [-0.3, -0.25) is 9.36 Å². The lowest BCUT2D eigenvalue weighted by atomic mass is 10.1. The molecule has 0 aliphatic heterocycles. The molecule has 0 amide bonds. The molecule has 0 atom stereocenters. The summed E-state index contributed by atoms with van der Waals surface area (Å²) in [6, 6.07) is 5.32. The van der Waals surface area contributed by atoms with Gasteiger partial charge >= 0.3 is 0 Å². The van der Waals surface area contributed by atoms with Crippen LogP contribution in [0, 0.1) is 0 Å². The first-order valence-corrected chi connectivity index (χ1v) is 4.83. The molecule has 4 nitrogen and oxygen atoms in total. The summed E-state index contributed by atoms with van der Waals surface area (Å²) >= 11 is 0. The minimum atomic E-state index is -0.0516. The Kier molecular flexibility index (Phi) is 2.41. The lowest BCUT2D eigenvalue weighted by Gasteiger charge is -2.06. The van der Waals surface area contributed by atoms with Crippen LogP contribution in [0.4, 0.5) is 0 Å². The Hall–Kier alpha value is -1.84. The first-order valence-electron chi connectivity index (χ1n) is 4.83. The number of rotatable bonds is 2. The molecule has 2 aromatic heterocycles. The van der Waals surface area contributed by atoms with E-state index in [1.165, 1.54) is 10.8 Å². The Morgan fingerprint density at radius 2 is 2.20 bits per heavy atom. The van der Waals surface area contributed by atoms with Crippen molar-refractivity contribution in [3.8, 4) is 5.88 Å². The van der Waals surface area contributed by atoms with E-state index in [1.54, 1.807) is 12.3 Å². The molecule has 0 aliphatic rings. The predicted octanol–water partition coefficient (Wildman–Crippen LogP) is 1.95. The third-order valence-electron chi connectivity index (χ3n) is 2.26. The normalized spacial score (nSPS) is 10.9. The van der Waals surface area contributed by atoms with E-state index < -0.39 is 0 Å². The summed E-state index contributed by atoms with van der Waals surface area (Å²) in [6.45, 7) is 3.98. The molecule has 0 fully saturated rings. The van der Waals surface area contributed by atoms with Crippen LogP contribution in [-0.4, -0.2) is 9.72 Å². The molecule has 0 bridgehead atoms. The molecule has 0 N–H and O–H groups in total. The molecule has 2 heterocycles. The summed E-state index contributed by atoms with van der Waals surface area (Å²) in [7, 11) is 0. The fraction of sp³-hybridized carbons (Fsp3) is 0.273. The van der Waals surface area contributed by atoms with Crippen LogP contribution < -0.4 is 5.56 Å². The van der Waals surface area contributed by atoms with E-state index >= 15 is 0 Å². The highest BCUT2D eigenvalue weighted by Crippen LogP contribution is 2.10. The number of hydrogen-bond donors (Lipinski definition) is 0. The average molecular weight is 204 g/mol. The molecule has 0 unspecified atom stereocenters. The smallest absolute Gasteiger partial charge is 0.260 e. The van der Waals surface area contributed by atoms with Gasteiger partial charge in [-0.25, -0.2) is 0 Å². The van der Waals surface area contributed by atoms with Gasteiger partial charge in [0.15, 0.2) is 0 Å². The number of nitrogens with zero attached hydrogens (tertiary/aromatic N) is 2. The van der Waals surface area contributed by atoms with Crippen LogP contribution in [0.3, 0.4) is 0 Å². The highest BCUT2D eigenvalue weighted by atomic mass is 16.5. The van der Waals surface area contributed by atoms with Gasteiger partial charge in [-0.15, -0.1) is 0 Å². The van der Waals surface area contributed by atoms with E-state index in [0.29, 0.717) is 5.88 Å². The molecule has 0 saturated carbocycles. The Balaban J connectivity index is 2.60. The third kappa shape index (κ3) is 1.70. The fourth-order valence-corrected chi connectivity index (χ4v) is 1.46. The second-order valence-electron chi connectivity index (χ2n) is 3.64. The maximum Gasteiger partial charge on any atom is 0.260 e. The third-order valence-corrected chi connectivity index (χ3v) is 2.26. The van der Waals surface area contributed by atoms with Gasteiger partial charge in [0.2, 0.25) is 5.88 Å². The van der Waals surface area contributed by atoms with Crippen molar-refractivity contribution in [2.24, 2.45) is 0 Å². The van der Waals surface area contributed by atoms with Crippen LogP contribution in [0.15, 0.2) is 39.9 Å². The number of aromatic nitrogens is 2. The summed E-state index contributed by atoms with van der Waals surface area (Å²) in [5.41, 5.74) is 0.721. The van der Waals surface area contributed by atoms with E-state index in [2.05, 4.69) is 5.16 Å². The zero-order valence-corrected chi connectivity index (χ0v) is 8.68. The van der Waals surface area contributed by atoms with E-state index in [4.69, 9.17) is 4.52 Å². The minimum Gasteiger partial charge on any atom is -0.338 e. The van der Waals surface area contributed by atoms with E-state index in [-0.39, 0.29) is 11.5 Å². The maximum absolute atomic E-state index is 12.0. The van der Waals surface area contributed by atoms with Crippen molar-refractivity contribution in [1.29, 1.82) is 0 Å². The zero-order valence-electron chi connectivity index (χ0n) is 8.68. The molecule has 2 aromatic rings. The monoisotopic (exact) mass is 204 g/mol. The van der Waals surface area contributed by atoms with Crippen molar-refractivity contribution in [2.45, 2.75) is 19.8 Å². The van der Waals surface area contributed by atoms with E-state index in [1.807, 2.05) is 26.0 Å². The number of pyridine rings is 1. The molecule has 0 aromatic carbocycles. The lowest BCUT2D eigenvalue weighted by Crippen LogP contribution is -2.21. The van der Waals surface area contributed by atoms with E-state index in [0.717, 1.165) is 5.56 Å². The van der Waals surface area contributed by atoms with Crippen LogP contribution >= 0.6 is 0 Å². The van der Waals surface area contributed by atoms with Gasteiger partial charge in [-0.05, 0) is 12.0 Å². The van der Waals surface area contributed by atoms with Crippen LogP contribution in [0.5, 0.6) is 0 Å². The molecule has 0 radical (unpaired) electrons. The van der Waals surface area contributed by atoms with Crippen molar-refractivity contribution in [2.75, 3.05) is 0 Å². The van der Waals surface area contributed by atoms with Gasteiger partial charge in [0.25, 0.3) is 5.56 Å². The van der Waals surface area contributed by atoms with Crippen molar-refractivity contribution in [3.05, 3.63) is 46.5 Å². The highest BCUT2D eigenvalue weighted by Gasteiger charge is 2.09. The summed E-state index contributed by atoms with van der Waals surface area (Å²) in [6.07, 6.45) is 3.19. The van der Waals surface area contributed by atoms with Crippen molar-refractivity contribution in [1.82, 2.24) is 9.72 Å². The Labute approximate surface area is 87.1 Å². The largest absolute Gasteiger partial charge is 0.338 e. The highest BCUT2D eigenvalue weighted by molar-refractivity contribution is 5.22. The molecule has 0 saturated heterocycles. The fourth-order valence-electron chi connectivity index (χ4n) is 1.46. The summed E-state index contributed by atoms with van der Waals surface area (Å²) in [5, 5.41) is 3.58. The zero-order chi connectivity index (χ0) is 10.8. The van der Waals surface area contributed by atoms with Crippen LogP contribution in [-0.2, 0) is 0 Å². The standard InChI is InChI=1S/C11H12N2O2/c1-8(2)9-4-3-7-13(11(9)14)10-5-6-12-15-10/h3-8H,1-2H3. The van der Waals surface area contributed by atoms with Gasteiger partial charge in [0.1, 0.15) is 0 Å². The predicted molar refractivity (Wildman–Crippen MR) is 56.2 cm³/mol. The van der Waals surface area contributed by atoms with Gasteiger partial charge in [0, 0.05) is 17.8 Å². The van der Waals surface area contributed by atoms with E-state index in [9.17, 15) is 4.79 Å². The molecular formula is C11H12N2O2. The topological polar surface area (TPSA) is 48.0 Å². The first-order chi connectivity index (χ1) is 7.20. The molecule has 15 heavy (non-hydrogen) atoms. The summed E-state index contributed by atoms with van der Waals surface area (Å²) in [4.78, 5) is 12.0. The molecule has 0 aliphatic carbocycles. The van der Waals surface area contributed by atoms with Crippen molar-refractivity contribution >= 4 is 0 Å². The Morgan fingerprint density at radius 3 is 2.80 bits per heavy atom. The van der Waals surface area contributed by atoms with Gasteiger partial charge < -0.3 is 4.52 Å². The Morgan fingerprint density at radius 1 is 1.40 bits per heavy atom. The first kappa shape index (κ1) is 9.71. The lowest BCUT2D eigenvalue weighted by molar-refractivity contribution is 0.403. The molecule has 2 rings (SSSR count). The van der Waals surface area contributed by atoms with Crippen LogP contribution in [0.2, 0.25) is 0 Å². The SMILES string of the molecule is CC(C)c1cccn(-c2ccno2)c1=O. The molecule has 0 spiro atoms. The van der Waals surface area contributed by atoms with Gasteiger partial charge in [-0.2, -0.15) is 0 Å². The average Bonchev–Trinajstić information content (AvgIpc) is 2.70. The second kappa shape index (κ2) is 3.73. The van der Waals surface area contributed by atoms with Crippen molar-refractivity contribution < 1.29 is 4.52 Å². The minimum absolute atomic E-state index is 0.0516. The molecular weight excluding hydrogens is 192 g/mol. The van der Waals surface area contributed by atoms with Crippen molar-refractivity contribution in [3.63, 3.8) is 0 Å².